The van der Waals surface area contributed by atoms with Gasteiger partial charge in [-0.15, -0.1) is 11.6 Å². The SMILES string of the molecule is CCOC(=O)[C@]1(/C=C/c2ccccc2)OC(=O)C=C(c2ccccc2)[C@H]1Cl. The third kappa shape index (κ3) is 3.96. The van der Waals surface area contributed by atoms with E-state index in [4.69, 9.17) is 21.1 Å². The minimum Gasteiger partial charge on any atom is -0.463 e. The molecule has 4 nitrogen and oxygen atoms in total. The first-order chi connectivity index (χ1) is 13.1. The van der Waals surface area contributed by atoms with E-state index in [0.29, 0.717) is 5.57 Å². The molecule has 0 radical (unpaired) electrons. The van der Waals surface area contributed by atoms with Crippen molar-refractivity contribution in [3.8, 4) is 0 Å². The van der Waals surface area contributed by atoms with Crippen molar-refractivity contribution in [2.75, 3.05) is 6.61 Å². The lowest BCUT2D eigenvalue weighted by molar-refractivity contribution is -0.173. The average Bonchev–Trinajstić information content (AvgIpc) is 2.70. The summed E-state index contributed by atoms with van der Waals surface area (Å²) in [4.78, 5) is 25.1. The lowest BCUT2D eigenvalue weighted by atomic mass is 9.86. The number of benzene rings is 2. The predicted molar refractivity (Wildman–Crippen MR) is 105 cm³/mol. The molecule has 0 aromatic heterocycles. The molecule has 0 spiro atoms. The summed E-state index contributed by atoms with van der Waals surface area (Å²) in [5, 5.41) is -0.934. The number of cyclic esters (lactones) is 1. The number of carbonyl (C=O) groups excluding carboxylic acids is 2. The standard InChI is InChI=1S/C22H19ClO4/c1-2-26-21(25)22(14-13-16-9-5-3-6-10-16)20(23)18(15-19(24)27-22)17-11-7-4-8-12-17/h3-15,20H,2H2,1H3/b14-13+/t20-,22-/m1/s1. The molecule has 0 bridgehead atoms. The second-order valence-electron chi connectivity index (χ2n) is 6.01. The number of ether oxygens (including phenoxy) is 2. The minimum atomic E-state index is -1.75. The number of alkyl halides is 1. The fourth-order valence-electron chi connectivity index (χ4n) is 2.90. The van der Waals surface area contributed by atoms with Crippen LogP contribution in [0.25, 0.3) is 11.6 Å². The van der Waals surface area contributed by atoms with Crippen molar-refractivity contribution < 1.29 is 19.1 Å². The minimum absolute atomic E-state index is 0.144. The van der Waals surface area contributed by atoms with Crippen molar-refractivity contribution in [1.29, 1.82) is 0 Å². The molecule has 2 atom stereocenters. The molecule has 2 aromatic rings. The molecule has 0 N–H and O–H groups in total. The highest BCUT2D eigenvalue weighted by Crippen LogP contribution is 2.39. The van der Waals surface area contributed by atoms with Crippen LogP contribution in [0.5, 0.6) is 0 Å². The van der Waals surface area contributed by atoms with Crippen LogP contribution in [-0.4, -0.2) is 29.5 Å². The number of hydrogen-bond acceptors (Lipinski definition) is 4. The van der Waals surface area contributed by atoms with Gasteiger partial charge in [-0.05, 0) is 29.7 Å². The van der Waals surface area contributed by atoms with E-state index < -0.39 is 22.9 Å². The Labute approximate surface area is 163 Å². The first kappa shape index (κ1) is 18.9. The Morgan fingerprint density at radius 1 is 1.15 bits per heavy atom. The van der Waals surface area contributed by atoms with Gasteiger partial charge in [0.05, 0.1) is 6.61 Å². The summed E-state index contributed by atoms with van der Waals surface area (Å²) in [6.07, 6.45) is 4.53. The van der Waals surface area contributed by atoms with Gasteiger partial charge < -0.3 is 9.47 Å². The quantitative estimate of drug-likeness (QED) is 0.573. The van der Waals surface area contributed by atoms with Gasteiger partial charge >= 0.3 is 11.9 Å². The Bertz CT molecular complexity index is 874. The Hall–Kier alpha value is -2.85. The van der Waals surface area contributed by atoms with E-state index >= 15 is 0 Å². The summed E-state index contributed by atoms with van der Waals surface area (Å²) < 4.78 is 10.7. The Balaban J connectivity index is 2.07. The van der Waals surface area contributed by atoms with Gasteiger partial charge in [-0.3, -0.25) is 0 Å². The molecule has 3 rings (SSSR count). The third-order valence-corrected chi connectivity index (χ3v) is 4.78. The van der Waals surface area contributed by atoms with E-state index in [0.717, 1.165) is 11.1 Å². The van der Waals surface area contributed by atoms with Gasteiger partial charge in [0.15, 0.2) is 0 Å². The van der Waals surface area contributed by atoms with E-state index in [1.165, 1.54) is 12.2 Å². The zero-order valence-electron chi connectivity index (χ0n) is 14.8. The summed E-state index contributed by atoms with van der Waals surface area (Å²) in [6.45, 7) is 1.83. The van der Waals surface area contributed by atoms with Crippen molar-refractivity contribution >= 4 is 35.2 Å². The Morgan fingerprint density at radius 3 is 2.41 bits per heavy atom. The summed E-state index contributed by atoms with van der Waals surface area (Å²) in [6, 6.07) is 18.6. The zero-order chi connectivity index (χ0) is 19.3. The highest BCUT2D eigenvalue weighted by molar-refractivity contribution is 6.31. The first-order valence-corrected chi connectivity index (χ1v) is 9.06. The fourth-order valence-corrected chi connectivity index (χ4v) is 3.29. The van der Waals surface area contributed by atoms with Crippen molar-refractivity contribution in [2.24, 2.45) is 0 Å². The molecule has 1 aliphatic rings. The van der Waals surface area contributed by atoms with Crippen LogP contribution in [0.15, 0.2) is 72.8 Å². The van der Waals surface area contributed by atoms with Crippen LogP contribution in [0.1, 0.15) is 18.1 Å². The van der Waals surface area contributed by atoms with Crippen molar-refractivity contribution in [3.05, 3.63) is 83.9 Å². The fraction of sp³-hybridized carbons (Fsp3) is 0.182. The van der Waals surface area contributed by atoms with E-state index in [9.17, 15) is 9.59 Å². The molecular formula is C22H19ClO4. The summed E-state index contributed by atoms with van der Waals surface area (Å²) >= 11 is 6.70. The predicted octanol–water partition coefficient (Wildman–Crippen LogP) is 4.25. The molecule has 138 valence electrons. The lowest BCUT2D eigenvalue weighted by Crippen LogP contribution is -2.52. The maximum absolute atomic E-state index is 12.8. The van der Waals surface area contributed by atoms with Gasteiger partial charge in [0.25, 0.3) is 0 Å². The van der Waals surface area contributed by atoms with Gasteiger partial charge in [0.1, 0.15) is 5.38 Å². The molecule has 27 heavy (non-hydrogen) atoms. The number of carbonyl (C=O) groups is 2. The van der Waals surface area contributed by atoms with Crippen molar-refractivity contribution in [2.45, 2.75) is 17.9 Å². The second-order valence-corrected chi connectivity index (χ2v) is 6.44. The van der Waals surface area contributed by atoms with E-state index in [2.05, 4.69) is 0 Å². The van der Waals surface area contributed by atoms with Crippen LogP contribution in [0.2, 0.25) is 0 Å². The van der Waals surface area contributed by atoms with Crippen molar-refractivity contribution in [3.63, 3.8) is 0 Å². The van der Waals surface area contributed by atoms with Crippen LogP contribution in [0, 0.1) is 0 Å². The van der Waals surface area contributed by atoms with Gasteiger partial charge in [0.2, 0.25) is 5.60 Å². The number of halogens is 1. The monoisotopic (exact) mass is 382 g/mol. The van der Waals surface area contributed by atoms with Gasteiger partial charge in [-0.1, -0.05) is 66.7 Å². The molecular weight excluding hydrogens is 364 g/mol. The van der Waals surface area contributed by atoms with Crippen LogP contribution >= 0.6 is 11.6 Å². The molecule has 0 unspecified atom stereocenters. The normalized spacial score (nSPS) is 22.2. The van der Waals surface area contributed by atoms with Crippen LogP contribution in [0.4, 0.5) is 0 Å². The van der Waals surface area contributed by atoms with E-state index in [1.54, 1.807) is 13.0 Å². The molecule has 1 aliphatic heterocycles. The maximum Gasteiger partial charge on any atom is 0.356 e. The Morgan fingerprint density at radius 2 is 1.78 bits per heavy atom. The van der Waals surface area contributed by atoms with E-state index in [1.807, 2.05) is 60.7 Å². The first-order valence-electron chi connectivity index (χ1n) is 8.62. The number of esters is 2. The molecule has 5 heteroatoms. The molecule has 2 aromatic carbocycles. The molecule has 0 amide bonds. The lowest BCUT2D eigenvalue weighted by Gasteiger charge is -2.36. The summed E-state index contributed by atoms with van der Waals surface area (Å²) in [7, 11) is 0. The molecule has 0 fully saturated rings. The second kappa shape index (κ2) is 8.23. The third-order valence-electron chi connectivity index (χ3n) is 4.22. The largest absolute Gasteiger partial charge is 0.463 e. The topological polar surface area (TPSA) is 52.6 Å². The number of rotatable bonds is 5. The number of hydrogen-bond donors (Lipinski definition) is 0. The average molecular weight is 383 g/mol. The van der Waals surface area contributed by atoms with Crippen LogP contribution in [-0.2, 0) is 19.1 Å². The smallest absolute Gasteiger partial charge is 0.356 e. The van der Waals surface area contributed by atoms with Crippen LogP contribution in [0.3, 0.4) is 0 Å². The Kier molecular flexibility index (Phi) is 5.77. The van der Waals surface area contributed by atoms with Gasteiger partial charge in [-0.2, -0.15) is 0 Å². The molecule has 0 saturated carbocycles. The summed E-state index contributed by atoms with van der Waals surface area (Å²) in [5.74, 6) is -1.34. The highest BCUT2D eigenvalue weighted by atomic mass is 35.5. The molecule has 0 aliphatic carbocycles. The van der Waals surface area contributed by atoms with Gasteiger partial charge in [-0.25, -0.2) is 9.59 Å². The van der Waals surface area contributed by atoms with Gasteiger partial charge in [0, 0.05) is 6.08 Å². The zero-order valence-corrected chi connectivity index (χ0v) is 15.6. The summed E-state index contributed by atoms with van der Waals surface area (Å²) in [5.41, 5.74) is 0.358. The van der Waals surface area contributed by atoms with Crippen LogP contribution < -0.4 is 0 Å². The highest BCUT2D eigenvalue weighted by Gasteiger charge is 2.52. The van der Waals surface area contributed by atoms with Crippen molar-refractivity contribution in [1.82, 2.24) is 0 Å². The molecule has 1 heterocycles. The maximum atomic E-state index is 12.8. The molecule has 0 saturated heterocycles. The van der Waals surface area contributed by atoms with E-state index in [-0.39, 0.29) is 6.61 Å².